The highest BCUT2D eigenvalue weighted by Gasteiger charge is 2.28. The standard InChI is InChI=1S/C20H24ClNO2/c1-14-18-13-20(24-3)19(23-2)12-16(18)9-11-22(14)10-8-15-4-6-17(21)7-5-15/h4-7,12-14H,8-11H2,1-3H3/p+1/t14-/m0/s1. The van der Waals surface area contributed by atoms with Crippen molar-refractivity contribution in [1.82, 2.24) is 0 Å². The van der Waals surface area contributed by atoms with Crippen molar-refractivity contribution in [2.45, 2.75) is 25.8 Å². The van der Waals surface area contributed by atoms with E-state index >= 15 is 0 Å². The Morgan fingerprint density at radius 3 is 2.42 bits per heavy atom. The lowest BCUT2D eigenvalue weighted by molar-refractivity contribution is -0.931. The summed E-state index contributed by atoms with van der Waals surface area (Å²) < 4.78 is 10.9. The van der Waals surface area contributed by atoms with Crippen LogP contribution in [0.1, 0.15) is 29.7 Å². The molecule has 24 heavy (non-hydrogen) atoms. The van der Waals surface area contributed by atoms with Gasteiger partial charge >= 0.3 is 0 Å². The fraction of sp³-hybridized carbons (Fsp3) is 0.400. The summed E-state index contributed by atoms with van der Waals surface area (Å²) in [6, 6.07) is 12.9. The maximum Gasteiger partial charge on any atom is 0.161 e. The number of ether oxygens (including phenoxy) is 2. The molecule has 1 N–H and O–H groups in total. The van der Waals surface area contributed by atoms with E-state index in [0.29, 0.717) is 6.04 Å². The van der Waals surface area contributed by atoms with Gasteiger partial charge in [0.05, 0.1) is 27.3 Å². The first-order valence-corrected chi connectivity index (χ1v) is 8.84. The molecule has 4 heteroatoms. The fourth-order valence-electron chi connectivity index (χ4n) is 3.59. The van der Waals surface area contributed by atoms with E-state index in [1.165, 1.54) is 16.7 Å². The highest BCUT2D eigenvalue weighted by Crippen LogP contribution is 2.33. The number of hydrogen-bond donors (Lipinski definition) is 1. The van der Waals surface area contributed by atoms with Crippen molar-refractivity contribution in [3.05, 3.63) is 58.1 Å². The Morgan fingerprint density at radius 1 is 1.08 bits per heavy atom. The SMILES string of the molecule is COc1cc2c(cc1OC)[C@H](C)[NH+](CCc1ccc(Cl)cc1)CC2. The van der Waals surface area contributed by atoms with Crippen molar-refractivity contribution in [2.24, 2.45) is 0 Å². The van der Waals surface area contributed by atoms with Crippen LogP contribution >= 0.6 is 11.6 Å². The largest absolute Gasteiger partial charge is 0.493 e. The van der Waals surface area contributed by atoms with Crippen molar-refractivity contribution < 1.29 is 14.4 Å². The average Bonchev–Trinajstić information content (AvgIpc) is 2.61. The summed E-state index contributed by atoms with van der Waals surface area (Å²) in [5.41, 5.74) is 4.11. The Hall–Kier alpha value is -1.71. The van der Waals surface area contributed by atoms with Gasteiger partial charge in [0.25, 0.3) is 0 Å². The van der Waals surface area contributed by atoms with Crippen LogP contribution in [0.3, 0.4) is 0 Å². The molecule has 2 atom stereocenters. The maximum absolute atomic E-state index is 5.97. The van der Waals surface area contributed by atoms with Gasteiger partial charge in [-0.3, -0.25) is 0 Å². The minimum absolute atomic E-state index is 0.459. The van der Waals surface area contributed by atoms with Crippen LogP contribution in [0.2, 0.25) is 5.02 Å². The summed E-state index contributed by atoms with van der Waals surface area (Å²) in [5, 5.41) is 0.799. The van der Waals surface area contributed by atoms with E-state index < -0.39 is 0 Å². The summed E-state index contributed by atoms with van der Waals surface area (Å²) in [6.07, 6.45) is 2.15. The molecule has 1 heterocycles. The van der Waals surface area contributed by atoms with Gasteiger partial charge in [-0.15, -0.1) is 0 Å². The van der Waals surface area contributed by atoms with Crippen molar-refractivity contribution >= 4 is 11.6 Å². The number of rotatable bonds is 5. The van der Waals surface area contributed by atoms with Crippen LogP contribution in [0.25, 0.3) is 0 Å². The molecule has 0 radical (unpaired) electrons. The molecule has 3 rings (SSSR count). The molecule has 2 aromatic carbocycles. The van der Waals surface area contributed by atoms with Crippen LogP contribution in [-0.4, -0.2) is 27.3 Å². The Kier molecular flexibility index (Phi) is 5.32. The maximum atomic E-state index is 5.97. The van der Waals surface area contributed by atoms with Gasteiger partial charge < -0.3 is 14.4 Å². The van der Waals surface area contributed by atoms with E-state index in [-0.39, 0.29) is 0 Å². The number of halogens is 1. The summed E-state index contributed by atoms with van der Waals surface area (Å²) in [4.78, 5) is 1.62. The smallest absolute Gasteiger partial charge is 0.161 e. The number of quaternary nitrogens is 1. The second-order valence-corrected chi connectivity index (χ2v) is 6.85. The summed E-state index contributed by atoms with van der Waals surface area (Å²) in [6.45, 7) is 4.58. The third-order valence-corrected chi connectivity index (χ3v) is 5.34. The van der Waals surface area contributed by atoms with E-state index in [1.807, 2.05) is 12.1 Å². The topological polar surface area (TPSA) is 22.9 Å². The normalized spacial score (nSPS) is 19.7. The number of benzene rings is 2. The first kappa shape index (κ1) is 17.1. The lowest BCUT2D eigenvalue weighted by Gasteiger charge is -2.33. The molecule has 0 amide bonds. The minimum atomic E-state index is 0.459. The van der Waals surface area contributed by atoms with Crippen LogP contribution in [0.15, 0.2) is 36.4 Å². The zero-order valence-electron chi connectivity index (χ0n) is 14.6. The molecule has 0 saturated carbocycles. The highest BCUT2D eigenvalue weighted by atomic mass is 35.5. The second kappa shape index (κ2) is 7.45. The van der Waals surface area contributed by atoms with Crippen molar-refractivity contribution in [2.75, 3.05) is 27.3 Å². The Balaban J connectivity index is 1.74. The zero-order valence-corrected chi connectivity index (χ0v) is 15.3. The van der Waals surface area contributed by atoms with E-state index in [9.17, 15) is 0 Å². The minimum Gasteiger partial charge on any atom is -0.493 e. The van der Waals surface area contributed by atoms with Gasteiger partial charge in [0, 0.05) is 23.4 Å². The molecule has 128 valence electrons. The van der Waals surface area contributed by atoms with Crippen molar-refractivity contribution in [1.29, 1.82) is 0 Å². The summed E-state index contributed by atoms with van der Waals surface area (Å²) in [7, 11) is 3.39. The number of methoxy groups -OCH3 is 2. The van der Waals surface area contributed by atoms with Crippen LogP contribution in [0.5, 0.6) is 11.5 Å². The molecule has 1 aliphatic rings. The molecular formula is C20H25ClNO2+. The molecular weight excluding hydrogens is 322 g/mol. The molecule has 0 aliphatic carbocycles. The van der Waals surface area contributed by atoms with E-state index in [1.54, 1.807) is 19.1 Å². The molecule has 3 nitrogen and oxygen atoms in total. The van der Waals surface area contributed by atoms with Crippen LogP contribution in [-0.2, 0) is 12.8 Å². The highest BCUT2D eigenvalue weighted by molar-refractivity contribution is 6.30. The van der Waals surface area contributed by atoms with Crippen molar-refractivity contribution in [3.63, 3.8) is 0 Å². The fourth-order valence-corrected chi connectivity index (χ4v) is 3.71. The quantitative estimate of drug-likeness (QED) is 0.899. The molecule has 2 aromatic rings. The summed E-state index contributed by atoms with van der Waals surface area (Å²) >= 11 is 5.97. The Bertz CT molecular complexity index is 700. The first-order chi connectivity index (χ1) is 11.6. The summed E-state index contributed by atoms with van der Waals surface area (Å²) in [5.74, 6) is 1.65. The third kappa shape index (κ3) is 3.52. The van der Waals surface area contributed by atoms with Gasteiger partial charge in [-0.1, -0.05) is 23.7 Å². The van der Waals surface area contributed by atoms with Crippen LogP contribution in [0.4, 0.5) is 0 Å². The van der Waals surface area contributed by atoms with Crippen molar-refractivity contribution in [3.8, 4) is 11.5 Å². The predicted molar refractivity (Wildman–Crippen MR) is 97.5 cm³/mol. The van der Waals surface area contributed by atoms with Gasteiger partial charge in [0.2, 0.25) is 0 Å². The second-order valence-electron chi connectivity index (χ2n) is 6.41. The van der Waals surface area contributed by atoms with Crippen LogP contribution in [0, 0.1) is 0 Å². The van der Waals surface area contributed by atoms with Gasteiger partial charge in [-0.2, -0.15) is 0 Å². The molecule has 0 saturated heterocycles. The predicted octanol–water partition coefficient (Wildman–Crippen LogP) is 3.10. The molecule has 1 unspecified atom stereocenters. The number of fused-ring (bicyclic) bond motifs is 1. The molecule has 0 fully saturated rings. The van der Waals surface area contributed by atoms with Gasteiger partial charge in [-0.05, 0) is 42.3 Å². The lowest BCUT2D eigenvalue weighted by atomic mass is 9.92. The zero-order chi connectivity index (χ0) is 17.1. The lowest BCUT2D eigenvalue weighted by Crippen LogP contribution is -3.13. The molecule has 0 aromatic heterocycles. The monoisotopic (exact) mass is 346 g/mol. The average molecular weight is 347 g/mol. The number of nitrogens with one attached hydrogen (secondary N) is 1. The molecule has 0 spiro atoms. The molecule has 0 bridgehead atoms. The van der Waals surface area contributed by atoms with Gasteiger partial charge in [-0.25, -0.2) is 0 Å². The van der Waals surface area contributed by atoms with Gasteiger partial charge in [0.15, 0.2) is 11.5 Å². The molecule has 1 aliphatic heterocycles. The van der Waals surface area contributed by atoms with Gasteiger partial charge in [0.1, 0.15) is 6.04 Å². The third-order valence-electron chi connectivity index (χ3n) is 5.09. The Labute approximate surface area is 149 Å². The van der Waals surface area contributed by atoms with E-state index in [2.05, 4.69) is 31.2 Å². The van der Waals surface area contributed by atoms with E-state index in [0.717, 1.165) is 42.5 Å². The number of hydrogen-bond acceptors (Lipinski definition) is 2. The van der Waals surface area contributed by atoms with E-state index in [4.69, 9.17) is 21.1 Å². The Morgan fingerprint density at radius 2 is 1.75 bits per heavy atom. The van der Waals surface area contributed by atoms with Crippen LogP contribution < -0.4 is 14.4 Å². The first-order valence-electron chi connectivity index (χ1n) is 8.46.